The van der Waals surface area contributed by atoms with Crippen LogP contribution in [0.2, 0.25) is 0 Å². The highest BCUT2D eigenvalue weighted by Crippen LogP contribution is 2.32. The lowest BCUT2D eigenvalue weighted by Gasteiger charge is -2.37. The molecule has 1 amide bonds. The minimum atomic E-state index is -0.512. The Morgan fingerprint density at radius 2 is 1.72 bits per heavy atom. The Bertz CT molecular complexity index is 1090. The summed E-state index contributed by atoms with van der Waals surface area (Å²) in [5.74, 6) is -0.995. The molecule has 2 fully saturated rings. The molecule has 2 aliphatic heterocycles. The van der Waals surface area contributed by atoms with Gasteiger partial charge < -0.3 is 18.8 Å². The Kier molecular flexibility index (Phi) is 4.49. The molecule has 0 atom stereocenters. The van der Waals surface area contributed by atoms with E-state index in [1.165, 1.54) is 0 Å². The number of carbonyl (C=O) groups is 1. The van der Waals surface area contributed by atoms with Gasteiger partial charge in [0, 0.05) is 31.5 Å². The SMILES string of the molecule is O=C(c1ccc2oc(=O)n(Cc3ccccc3)c2c1)N1CCC2(CC1)OCCO2. The minimum Gasteiger partial charge on any atom is -0.408 e. The van der Waals surface area contributed by atoms with E-state index in [4.69, 9.17) is 13.9 Å². The van der Waals surface area contributed by atoms with Crippen molar-refractivity contribution in [3.05, 3.63) is 70.2 Å². The molecule has 1 spiro atoms. The second-order valence-corrected chi connectivity index (χ2v) is 7.52. The molecule has 7 nitrogen and oxygen atoms in total. The van der Waals surface area contributed by atoms with E-state index in [-0.39, 0.29) is 5.91 Å². The molecule has 150 valence electrons. The van der Waals surface area contributed by atoms with Crippen molar-refractivity contribution in [1.82, 2.24) is 9.47 Å². The molecule has 0 saturated carbocycles. The van der Waals surface area contributed by atoms with E-state index >= 15 is 0 Å². The number of ether oxygens (including phenoxy) is 2. The van der Waals surface area contributed by atoms with E-state index in [2.05, 4.69) is 0 Å². The molecule has 29 heavy (non-hydrogen) atoms. The fraction of sp³-hybridized carbons (Fsp3) is 0.364. The molecule has 0 N–H and O–H groups in total. The topological polar surface area (TPSA) is 73.9 Å². The standard InChI is InChI=1S/C22H22N2O5/c25-20(23-10-8-22(9-11-23)27-12-13-28-22)17-6-7-19-18(14-17)24(21(26)29-19)15-16-4-2-1-3-5-16/h1-7,14H,8-13,15H2. The second kappa shape index (κ2) is 7.17. The summed E-state index contributed by atoms with van der Waals surface area (Å²) in [5, 5.41) is 0. The smallest absolute Gasteiger partial charge is 0.408 e. The van der Waals surface area contributed by atoms with Gasteiger partial charge in [-0.2, -0.15) is 0 Å². The van der Waals surface area contributed by atoms with E-state index in [1.54, 1.807) is 22.8 Å². The molecular weight excluding hydrogens is 372 g/mol. The number of piperidine rings is 1. The molecule has 2 aliphatic rings. The Balaban J connectivity index is 1.40. The van der Waals surface area contributed by atoms with Crippen molar-refractivity contribution in [3.63, 3.8) is 0 Å². The average molecular weight is 394 g/mol. The summed E-state index contributed by atoms with van der Waals surface area (Å²) < 4.78 is 18.4. The predicted octanol–water partition coefficient (Wildman–Crippen LogP) is 2.62. The summed E-state index contributed by atoms with van der Waals surface area (Å²) >= 11 is 0. The van der Waals surface area contributed by atoms with E-state index in [0.29, 0.717) is 62.4 Å². The highest BCUT2D eigenvalue weighted by Gasteiger charge is 2.40. The van der Waals surface area contributed by atoms with Crippen LogP contribution in [-0.2, 0) is 16.0 Å². The van der Waals surface area contributed by atoms with Crippen LogP contribution in [0, 0.1) is 0 Å². The summed E-state index contributed by atoms with van der Waals surface area (Å²) in [4.78, 5) is 27.2. The fourth-order valence-electron chi connectivity index (χ4n) is 4.13. The first-order chi connectivity index (χ1) is 14.1. The first kappa shape index (κ1) is 18.1. The van der Waals surface area contributed by atoms with Crippen molar-refractivity contribution in [2.75, 3.05) is 26.3 Å². The van der Waals surface area contributed by atoms with Gasteiger partial charge in [0.05, 0.1) is 25.3 Å². The lowest BCUT2D eigenvalue weighted by molar-refractivity contribution is -0.181. The van der Waals surface area contributed by atoms with Crippen LogP contribution in [0.4, 0.5) is 0 Å². The second-order valence-electron chi connectivity index (χ2n) is 7.52. The van der Waals surface area contributed by atoms with E-state index in [9.17, 15) is 9.59 Å². The third-order valence-electron chi connectivity index (χ3n) is 5.72. The molecule has 0 aliphatic carbocycles. The molecule has 2 saturated heterocycles. The number of oxazole rings is 1. The van der Waals surface area contributed by atoms with Crippen LogP contribution < -0.4 is 5.76 Å². The van der Waals surface area contributed by atoms with E-state index in [1.807, 2.05) is 35.2 Å². The van der Waals surface area contributed by atoms with E-state index in [0.717, 1.165) is 5.56 Å². The molecule has 2 aromatic carbocycles. The number of carbonyl (C=O) groups excluding carboxylic acids is 1. The third-order valence-corrected chi connectivity index (χ3v) is 5.72. The number of benzene rings is 2. The van der Waals surface area contributed by atoms with Crippen LogP contribution in [0.3, 0.4) is 0 Å². The van der Waals surface area contributed by atoms with Gasteiger partial charge in [-0.1, -0.05) is 30.3 Å². The minimum absolute atomic E-state index is 0.0559. The van der Waals surface area contributed by atoms with Gasteiger partial charge >= 0.3 is 5.76 Å². The highest BCUT2D eigenvalue weighted by atomic mass is 16.7. The number of nitrogens with zero attached hydrogens (tertiary/aromatic N) is 2. The van der Waals surface area contributed by atoms with Gasteiger partial charge in [0.1, 0.15) is 0 Å². The third kappa shape index (κ3) is 3.36. The van der Waals surface area contributed by atoms with Gasteiger partial charge in [0.15, 0.2) is 11.4 Å². The average Bonchev–Trinajstić information content (AvgIpc) is 3.33. The van der Waals surface area contributed by atoms with Crippen molar-refractivity contribution < 1.29 is 18.7 Å². The highest BCUT2D eigenvalue weighted by molar-refractivity contribution is 5.97. The predicted molar refractivity (Wildman–Crippen MR) is 106 cm³/mol. The quantitative estimate of drug-likeness (QED) is 0.683. The molecule has 5 rings (SSSR count). The normalized spacial score (nSPS) is 18.6. The molecule has 1 aromatic heterocycles. The van der Waals surface area contributed by atoms with Crippen LogP contribution >= 0.6 is 0 Å². The number of fused-ring (bicyclic) bond motifs is 1. The summed E-state index contributed by atoms with van der Waals surface area (Å²) in [5.41, 5.74) is 2.64. The molecule has 0 unspecified atom stereocenters. The van der Waals surface area contributed by atoms with Gasteiger partial charge in [0.2, 0.25) is 0 Å². The molecular formula is C22H22N2O5. The Morgan fingerprint density at radius 3 is 2.45 bits per heavy atom. The zero-order valence-electron chi connectivity index (χ0n) is 16.0. The number of rotatable bonds is 3. The number of hydrogen-bond acceptors (Lipinski definition) is 5. The van der Waals surface area contributed by atoms with Crippen molar-refractivity contribution in [2.45, 2.75) is 25.2 Å². The summed E-state index contributed by atoms with van der Waals surface area (Å²) in [7, 11) is 0. The molecule has 7 heteroatoms. The van der Waals surface area contributed by atoms with Crippen molar-refractivity contribution in [2.24, 2.45) is 0 Å². The van der Waals surface area contributed by atoms with E-state index < -0.39 is 11.5 Å². The lowest BCUT2D eigenvalue weighted by atomic mass is 10.0. The number of likely N-dealkylation sites (tertiary alicyclic amines) is 1. The maximum atomic E-state index is 13.0. The summed E-state index contributed by atoms with van der Waals surface area (Å²) in [6.07, 6.45) is 1.34. The lowest BCUT2D eigenvalue weighted by Crippen LogP contribution is -2.47. The monoisotopic (exact) mass is 394 g/mol. The summed E-state index contributed by atoms with van der Waals surface area (Å²) in [6.45, 7) is 2.79. The molecule has 0 bridgehead atoms. The van der Waals surface area contributed by atoms with Gasteiger partial charge in [-0.05, 0) is 23.8 Å². The zero-order chi connectivity index (χ0) is 19.8. The number of amides is 1. The van der Waals surface area contributed by atoms with Crippen LogP contribution in [0.5, 0.6) is 0 Å². The molecule has 0 radical (unpaired) electrons. The largest absolute Gasteiger partial charge is 0.420 e. The fourth-order valence-corrected chi connectivity index (χ4v) is 4.13. The molecule has 3 aromatic rings. The number of hydrogen-bond donors (Lipinski definition) is 0. The van der Waals surface area contributed by atoms with Gasteiger partial charge in [-0.3, -0.25) is 9.36 Å². The van der Waals surface area contributed by atoms with Gasteiger partial charge in [-0.25, -0.2) is 4.79 Å². The van der Waals surface area contributed by atoms with Crippen LogP contribution in [0.15, 0.2) is 57.7 Å². The van der Waals surface area contributed by atoms with Gasteiger partial charge in [-0.15, -0.1) is 0 Å². The van der Waals surface area contributed by atoms with Crippen LogP contribution in [0.1, 0.15) is 28.8 Å². The first-order valence-electron chi connectivity index (χ1n) is 9.88. The van der Waals surface area contributed by atoms with Crippen molar-refractivity contribution >= 4 is 17.0 Å². The molecule has 3 heterocycles. The van der Waals surface area contributed by atoms with Crippen molar-refractivity contribution in [3.8, 4) is 0 Å². The zero-order valence-corrected chi connectivity index (χ0v) is 16.0. The Hall–Kier alpha value is -2.90. The number of aromatic nitrogens is 1. The first-order valence-corrected chi connectivity index (χ1v) is 9.88. The van der Waals surface area contributed by atoms with Gasteiger partial charge in [0.25, 0.3) is 5.91 Å². The maximum Gasteiger partial charge on any atom is 0.420 e. The Morgan fingerprint density at radius 1 is 1.00 bits per heavy atom. The maximum absolute atomic E-state index is 13.0. The van der Waals surface area contributed by atoms with Crippen molar-refractivity contribution in [1.29, 1.82) is 0 Å². The van der Waals surface area contributed by atoms with Crippen LogP contribution in [0.25, 0.3) is 11.1 Å². The summed E-state index contributed by atoms with van der Waals surface area (Å²) in [6, 6.07) is 14.9. The van der Waals surface area contributed by atoms with Crippen LogP contribution in [-0.4, -0.2) is 47.5 Å². The Labute approximate surface area is 167 Å².